The molecule has 1 atom stereocenters. The van der Waals surface area contributed by atoms with E-state index in [0.717, 1.165) is 19.4 Å². The van der Waals surface area contributed by atoms with Gasteiger partial charge in [0.1, 0.15) is 0 Å². The number of hydrogen-bond donors (Lipinski definition) is 1. The lowest BCUT2D eigenvalue weighted by Crippen LogP contribution is -2.40. The molecule has 2 aromatic rings. The summed E-state index contributed by atoms with van der Waals surface area (Å²) < 4.78 is 0. The summed E-state index contributed by atoms with van der Waals surface area (Å²) >= 11 is 1.79. The second-order valence-electron chi connectivity index (χ2n) is 6.52. The Kier molecular flexibility index (Phi) is 5.38. The molecule has 0 radical (unpaired) electrons. The average molecular weight is 287 g/mol. The zero-order valence-electron chi connectivity index (χ0n) is 12.7. The minimum atomic E-state index is 0.184. The lowest BCUT2D eigenvalue weighted by Gasteiger charge is -2.25. The molecule has 2 rings (SSSR count). The summed E-state index contributed by atoms with van der Waals surface area (Å²) in [7, 11) is 0. The Bertz CT molecular complexity index is 482. The molecule has 0 spiro atoms. The predicted octanol–water partition coefficient (Wildman–Crippen LogP) is 4.54. The van der Waals surface area contributed by atoms with E-state index in [2.05, 4.69) is 73.2 Å². The summed E-state index contributed by atoms with van der Waals surface area (Å²) in [6.45, 7) is 7.76. The van der Waals surface area contributed by atoms with Crippen LogP contribution in [0, 0.1) is 5.92 Å². The summed E-state index contributed by atoms with van der Waals surface area (Å²) in [4.78, 5) is 0. The SMILES string of the molecule is CC(C)(C)NCC(Cc1ccccc1)Cc1ccsc1. The molecule has 0 bridgehead atoms. The molecular formula is C18H25NS. The topological polar surface area (TPSA) is 12.0 Å². The van der Waals surface area contributed by atoms with Crippen LogP contribution in [0.5, 0.6) is 0 Å². The Morgan fingerprint density at radius 1 is 1.00 bits per heavy atom. The van der Waals surface area contributed by atoms with Gasteiger partial charge in [0.15, 0.2) is 0 Å². The summed E-state index contributed by atoms with van der Waals surface area (Å²) in [5.41, 5.74) is 3.08. The lowest BCUT2D eigenvalue weighted by atomic mass is 9.92. The van der Waals surface area contributed by atoms with Gasteiger partial charge in [-0.15, -0.1) is 0 Å². The first kappa shape index (κ1) is 15.3. The van der Waals surface area contributed by atoms with Gasteiger partial charge in [-0.25, -0.2) is 0 Å². The molecule has 0 aliphatic rings. The van der Waals surface area contributed by atoms with Gasteiger partial charge in [-0.1, -0.05) is 30.3 Å². The molecule has 1 unspecified atom stereocenters. The van der Waals surface area contributed by atoms with E-state index in [-0.39, 0.29) is 5.54 Å². The van der Waals surface area contributed by atoms with Crippen molar-refractivity contribution < 1.29 is 0 Å². The van der Waals surface area contributed by atoms with Crippen molar-refractivity contribution in [2.45, 2.75) is 39.2 Å². The summed E-state index contributed by atoms with van der Waals surface area (Å²) in [5.74, 6) is 0.645. The van der Waals surface area contributed by atoms with Gasteiger partial charge in [0.05, 0.1) is 0 Å². The number of thiophene rings is 1. The molecule has 1 aromatic carbocycles. The van der Waals surface area contributed by atoms with Crippen molar-refractivity contribution in [3.8, 4) is 0 Å². The Hall–Kier alpha value is -1.12. The second-order valence-corrected chi connectivity index (χ2v) is 7.30. The normalized spacial score (nSPS) is 13.3. The van der Waals surface area contributed by atoms with Gasteiger partial charge in [0.25, 0.3) is 0 Å². The van der Waals surface area contributed by atoms with E-state index < -0.39 is 0 Å². The first-order valence-electron chi connectivity index (χ1n) is 7.33. The van der Waals surface area contributed by atoms with Crippen molar-refractivity contribution >= 4 is 11.3 Å². The molecule has 0 saturated heterocycles. The lowest BCUT2D eigenvalue weighted by molar-refractivity contribution is 0.367. The third kappa shape index (κ3) is 5.48. The summed E-state index contributed by atoms with van der Waals surface area (Å²) in [5, 5.41) is 8.10. The number of nitrogens with one attached hydrogen (secondary N) is 1. The van der Waals surface area contributed by atoms with Crippen molar-refractivity contribution in [1.29, 1.82) is 0 Å². The van der Waals surface area contributed by atoms with Gasteiger partial charge in [0, 0.05) is 5.54 Å². The molecule has 0 fully saturated rings. The van der Waals surface area contributed by atoms with Crippen LogP contribution in [0.1, 0.15) is 31.9 Å². The third-order valence-electron chi connectivity index (χ3n) is 3.39. The maximum atomic E-state index is 3.66. The maximum absolute atomic E-state index is 3.66. The van der Waals surface area contributed by atoms with Gasteiger partial charge in [0.2, 0.25) is 0 Å². The minimum absolute atomic E-state index is 0.184. The van der Waals surface area contributed by atoms with E-state index in [4.69, 9.17) is 0 Å². The van der Waals surface area contributed by atoms with E-state index in [0.29, 0.717) is 5.92 Å². The molecule has 20 heavy (non-hydrogen) atoms. The van der Waals surface area contributed by atoms with Crippen LogP contribution in [0.3, 0.4) is 0 Å². The monoisotopic (exact) mass is 287 g/mol. The Morgan fingerprint density at radius 3 is 2.30 bits per heavy atom. The predicted molar refractivity (Wildman–Crippen MR) is 89.4 cm³/mol. The van der Waals surface area contributed by atoms with Crippen molar-refractivity contribution in [3.05, 3.63) is 58.3 Å². The van der Waals surface area contributed by atoms with Gasteiger partial charge in [-0.3, -0.25) is 0 Å². The van der Waals surface area contributed by atoms with E-state index >= 15 is 0 Å². The van der Waals surface area contributed by atoms with Crippen LogP contribution in [0.2, 0.25) is 0 Å². The third-order valence-corrected chi connectivity index (χ3v) is 4.12. The fourth-order valence-electron chi connectivity index (χ4n) is 2.36. The molecule has 0 saturated carbocycles. The van der Waals surface area contributed by atoms with Crippen molar-refractivity contribution in [2.75, 3.05) is 6.54 Å². The van der Waals surface area contributed by atoms with Crippen LogP contribution < -0.4 is 5.32 Å². The number of benzene rings is 1. The van der Waals surface area contributed by atoms with Crippen LogP contribution in [0.25, 0.3) is 0 Å². The van der Waals surface area contributed by atoms with Gasteiger partial charge in [-0.05, 0) is 74.0 Å². The maximum Gasteiger partial charge on any atom is 0.00966 e. The van der Waals surface area contributed by atoms with Crippen LogP contribution in [-0.4, -0.2) is 12.1 Å². The zero-order chi connectivity index (χ0) is 14.4. The Morgan fingerprint density at radius 2 is 1.70 bits per heavy atom. The highest BCUT2D eigenvalue weighted by molar-refractivity contribution is 7.07. The summed E-state index contributed by atoms with van der Waals surface area (Å²) in [6.07, 6.45) is 2.29. The number of hydrogen-bond acceptors (Lipinski definition) is 2. The average Bonchev–Trinajstić information content (AvgIpc) is 2.89. The van der Waals surface area contributed by atoms with E-state index in [1.165, 1.54) is 11.1 Å². The second kappa shape index (κ2) is 7.05. The first-order valence-corrected chi connectivity index (χ1v) is 8.27. The zero-order valence-corrected chi connectivity index (χ0v) is 13.5. The molecule has 0 aliphatic heterocycles. The molecule has 1 heterocycles. The largest absolute Gasteiger partial charge is 0.312 e. The molecule has 1 N–H and O–H groups in total. The van der Waals surface area contributed by atoms with Gasteiger partial charge >= 0.3 is 0 Å². The van der Waals surface area contributed by atoms with E-state index in [1.807, 2.05) is 0 Å². The van der Waals surface area contributed by atoms with E-state index in [1.54, 1.807) is 11.3 Å². The fourth-order valence-corrected chi connectivity index (χ4v) is 3.04. The van der Waals surface area contributed by atoms with Crippen LogP contribution in [-0.2, 0) is 12.8 Å². The van der Waals surface area contributed by atoms with Crippen molar-refractivity contribution in [3.63, 3.8) is 0 Å². The van der Waals surface area contributed by atoms with Crippen molar-refractivity contribution in [1.82, 2.24) is 5.32 Å². The molecule has 1 nitrogen and oxygen atoms in total. The highest BCUT2D eigenvalue weighted by Gasteiger charge is 2.15. The van der Waals surface area contributed by atoms with Gasteiger partial charge in [-0.2, -0.15) is 11.3 Å². The molecule has 1 aromatic heterocycles. The molecule has 0 amide bonds. The van der Waals surface area contributed by atoms with Crippen LogP contribution in [0.15, 0.2) is 47.2 Å². The fraction of sp³-hybridized carbons (Fsp3) is 0.444. The highest BCUT2D eigenvalue weighted by atomic mass is 32.1. The molecule has 2 heteroatoms. The summed E-state index contributed by atoms with van der Waals surface area (Å²) in [6, 6.07) is 13.1. The van der Waals surface area contributed by atoms with Crippen LogP contribution >= 0.6 is 11.3 Å². The standard InChI is InChI=1S/C18H25NS/c1-18(2,3)19-13-17(12-16-9-10-20-14-16)11-15-7-5-4-6-8-15/h4-10,14,17,19H,11-13H2,1-3H3. The molecule has 0 aliphatic carbocycles. The number of rotatable bonds is 6. The van der Waals surface area contributed by atoms with Crippen molar-refractivity contribution in [2.24, 2.45) is 5.92 Å². The Balaban J connectivity index is 1.99. The Labute approximate surface area is 127 Å². The smallest absolute Gasteiger partial charge is 0.00966 e. The quantitative estimate of drug-likeness (QED) is 0.822. The van der Waals surface area contributed by atoms with Crippen LogP contribution in [0.4, 0.5) is 0 Å². The highest BCUT2D eigenvalue weighted by Crippen LogP contribution is 2.17. The molecular weight excluding hydrogens is 262 g/mol. The van der Waals surface area contributed by atoms with Gasteiger partial charge < -0.3 is 5.32 Å². The first-order chi connectivity index (χ1) is 9.53. The minimum Gasteiger partial charge on any atom is -0.312 e. The van der Waals surface area contributed by atoms with E-state index in [9.17, 15) is 0 Å². The molecule has 108 valence electrons.